The molecule has 0 radical (unpaired) electrons. The monoisotopic (exact) mass is 264 g/mol. The summed E-state index contributed by atoms with van der Waals surface area (Å²) in [5.74, 6) is 0.908. The highest BCUT2D eigenvalue weighted by Crippen LogP contribution is 2.17. The van der Waals surface area contributed by atoms with Crippen LogP contribution in [0.25, 0.3) is 0 Å². The van der Waals surface area contributed by atoms with Crippen LogP contribution in [0.15, 0.2) is 24.3 Å². The first-order valence-corrected chi connectivity index (χ1v) is 7.08. The minimum Gasteiger partial charge on any atom is -0.492 e. The normalized spacial score (nSPS) is 20.4. The molecule has 106 valence electrons. The Morgan fingerprint density at radius 1 is 1.42 bits per heavy atom. The van der Waals surface area contributed by atoms with Gasteiger partial charge in [0.1, 0.15) is 12.4 Å². The fourth-order valence-electron chi connectivity index (χ4n) is 2.33. The lowest BCUT2D eigenvalue weighted by Crippen LogP contribution is -2.43. The Hall–Kier alpha value is -1.10. The van der Waals surface area contributed by atoms with Crippen LogP contribution in [0.2, 0.25) is 0 Å². The lowest BCUT2D eigenvalue weighted by Gasteiger charge is -2.32. The molecule has 4 nitrogen and oxygen atoms in total. The summed E-state index contributed by atoms with van der Waals surface area (Å²) in [5, 5.41) is 0. The van der Waals surface area contributed by atoms with E-state index in [1.165, 1.54) is 0 Å². The van der Waals surface area contributed by atoms with E-state index in [2.05, 4.69) is 11.8 Å². The van der Waals surface area contributed by atoms with Crippen molar-refractivity contribution in [1.29, 1.82) is 0 Å². The van der Waals surface area contributed by atoms with Gasteiger partial charge in [0, 0.05) is 31.7 Å². The Morgan fingerprint density at radius 2 is 2.26 bits per heavy atom. The van der Waals surface area contributed by atoms with Gasteiger partial charge in [0.05, 0.1) is 12.7 Å². The molecule has 2 N–H and O–H groups in total. The maximum atomic E-state index is 5.84. The van der Waals surface area contributed by atoms with Crippen molar-refractivity contribution in [2.24, 2.45) is 5.73 Å². The van der Waals surface area contributed by atoms with Gasteiger partial charge in [-0.2, -0.15) is 0 Å². The van der Waals surface area contributed by atoms with Gasteiger partial charge in [-0.15, -0.1) is 0 Å². The first-order valence-electron chi connectivity index (χ1n) is 7.08. The summed E-state index contributed by atoms with van der Waals surface area (Å²) in [6.07, 6.45) is 1.46. The number of nitrogens with two attached hydrogens (primary N) is 1. The molecule has 0 aliphatic carbocycles. The maximum Gasteiger partial charge on any atom is 0.123 e. The Labute approximate surface area is 115 Å². The topological polar surface area (TPSA) is 47.7 Å². The van der Waals surface area contributed by atoms with Gasteiger partial charge in [-0.3, -0.25) is 4.90 Å². The lowest BCUT2D eigenvalue weighted by molar-refractivity contribution is -0.0324. The van der Waals surface area contributed by atoms with Crippen LogP contribution >= 0.6 is 0 Å². The predicted octanol–water partition coefficient (Wildman–Crippen LogP) is 1.63. The van der Waals surface area contributed by atoms with Gasteiger partial charge < -0.3 is 15.2 Å². The highest BCUT2D eigenvalue weighted by Gasteiger charge is 2.18. The Balaban J connectivity index is 1.77. The minimum absolute atomic E-state index is 0.380. The molecule has 1 saturated heterocycles. The zero-order chi connectivity index (χ0) is 13.5. The third-order valence-corrected chi connectivity index (χ3v) is 3.54. The molecule has 1 aromatic carbocycles. The van der Waals surface area contributed by atoms with Crippen LogP contribution in [-0.4, -0.2) is 43.9 Å². The molecule has 0 saturated carbocycles. The third-order valence-electron chi connectivity index (χ3n) is 3.54. The number of morpholine rings is 1. The molecule has 1 heterocycles. The molecular weight excluding hydrogens is 240 g/mol. The Kier molecular flexibility index (Phi) is 5.63. The van der Waals surface area contributed by atoms with Gasteiger partial charge in [-0.25, -0.2) is 0 Å². The van der Waals surface area contributed by atoms with Crippen LogP contribution in [0, 0.1) is 0 Å². The molecule has 0 bridgehead atoms. The number of nitrogens with zero attached hydrogens (tertiary/aromatic N) is 1. The average molecular weight is 264 g/mol. The van der Waals surface area contributed by atoms with Crippen molar-refractivity contribution in [2.45, 2.75) is 26.0 Å². The summed E-state index contributed by atoms with van der Waals surface area (Å²) in [5.41, 5.74) is 6.76. The van der Waals surface area contributed by atoms with Crippen LogP contribution in [-0.2, 0) is 11.3 Å². The summed E-state index contributed by atoms with van der Waals surface area (Å²) in [4.78, 5) is 2.41. The van der Waals surface area contributed by atoms with Crippen molar-refractivity contribution < 1.29 is 9.47 Å². The average Bonchev–Trinajstić information content (AvgIpc) is 2.48. The van der Waals surface area contributed by atoms with Gasteiger partial charge in [0.25, 0.3) is 0 Å². The van der Waals surface area contributed by atoms with Gasteiger partial charge in [-0.1, -0.05) is 25.1 Å². The summed E-state index contributed by atoms with van der Waals surface area (Å²) in [6.45, 7) is 7.18. The summed E-state index contributed by atoms with van der Waals surface area (Å²) >= 11 is 0. The van der Waals surface area contributed by atoms with E-state index in [1.807, 2.05) is 24.3 Å². The molecule has 1 atom stereocenters. The van der Waals surface area contributed by atoms with Crippen LogP contribution in [0.5, 0.6) is 5.75 Å². The molecule has 0 aromatic heterocycles. The number of benzene rings is 1. The number of rotatable bonds is 6. The van der Waals surface area contributed by atoms with Crippen molar-refractivity contribution >= 4 is 0 Å². The number of hydrogen-bond donors (Lipinski definition) is 1. The third kappa shape index (κ3) is 4.20. The first-order chi connectivity index (χ1) is 9.33. The molecule has 2 rings (SSSR count). The SMILES string of the molecule is CCC1CN(CCOc2ccccc2CN)CCO1. The summed E-state index contributed by atoms with van der Waals surface area (Å²) in [6, 6.07) is 7.97. The van der Waals surface area contributed by atoms with E-state index in [0.29, 0.717) is 19.3 Å². The summed E-state index contributed by atoms with van der Waals surface area (Å²) < 4.78 is 11.5. The fourth-order valence-corrected chi connectivity index (χ4v) is 2.33. The maximum absolute atomic E-state index is 5.84. The van der Waals surface area contributed by atoms with Crippen molar-refractivity contribution in [3.63, 3.8) is 0 Å². The van der Waals surface area contributed by atoms with E-state index in [-0.39, 0.29) is 0 Å². The van der Waals surface area contributed by atoms with Crippen molar-refractivity contribution in [2.75, 3.05) is 32.8 Å². The van der Waals surface area contributed by atoms with E-state index in [1.54, 1.807) is 0 Å². The van der Waals surface area contributed by atoms with E-state index in [9.17, 15) is 0 Å². The second kappa shape index (κ2) is 7.48. The molecule has 1 aliphatic rings. The van der Waals surface area contributed by atoms with Gasteiger partial charge in [-0.05, 0) is 12.5 Å². The largest absolute Gasteiger partial charge is 0.492 e. The number of hydrogen-bond acceptors (Lipinski definition) is 4. The van der Waals surface area contributed by atoms with E-state index in [4.69, 9.17) is 15.2 Å². The highest BCUT2D eigenvalue weighted by atomic mass is 16.5. The zero-order valence-electron chi connectivity index (χ0n) is 11.7. The molecule has 0 amide bonds. The number of para-hydroxylation sites is 1. The van der Waals surface area contributed by atoms with Crippen molar-refractivity contribution in [1.82, 2.24) is 4.90 Å². The first kappa shape index (κ1) is 14.3. The molecule has 1 aromatic rings. The van der Waals surface area contributed by atoms with Crippen LogP contribution < -0.4 is 10.5 Å². The highest BCUT2D eigenvalue weighted by molar-refractivity contribution is 5.32. The van der Waals surface area contributed by atoms with E-state index in [0.717, 1.165) is 44.0 Å². The molecule has 1 unspecified atom stereocenters. The van der Waals surface area contributed by atoms with E-state index < -0.39 is 0 Å². The van der Waals surface area contributed by atoms with Gasteiger partial charge in [0.2, 0.25) is 0 Å². The molecule has 19 heavy (non-hydrogen) atoms. The number of ether oxygens (including phenoxy) is 2. The molecule has 4 heteroatoms. The zero-order valence-corrected chi connectivity index (χ0v) is 11.7. The minimum atomic E-state index is 0.380. The quantitative estimate of drug-likeness (QED) is 0.848. The molecular formula is C15H24N2O2. The predicted molar refractivity (Wildman–Crippen MR) is 76.3 cm³/mol. The van der Waals surface area contributed by atoms with Crippen molar-refractivity contribution in [3.05, 3.63) is 29.8 Å². The molecule has 0 spiro atoms. The molecule has 1 aliphatic heterocycles. The second-order valence-electron chi connectivity index (χ2n) is 4.86. The fraction of sp³-hybridized carbons (Fsp3) is 0.600. The van der Waals surface area contributed by atoms with Gasteiger partial charge in [0.15, 0.2) is 0 Å². The smallest absolute Gasteiger partial charge is 0.123 e. The van der Waals surface area contributed by atoms with Crippen molar-refractivity contribution in [3.8, 4) is 5.75 Å². The van der Waals surface area contributed by atoms with E-state index >= 15 is 0 Å². The van der Waals surface area contributed by atoms with Crippen LogP contribution in [0.4, 0.5) is 0 Å². The summed E-state index contributed by atoms with van der Waals surface area (Å²) in [7, 11) is 0. The van der Waals surface area contributed by atoms with Crippen LogP contribution in [0.3, 0.4) is 0 Å². The Bertz CT molecular complexity index is 384. The standard InChI is InChI=1S/C15H24N2O2/c1-2-14-12-17(7-9-18-14)8-10-19-15-6-4-3-5-13(15)11-16/h3-6,14H,2,7-12,16H2,1H3. The van der Waals surface area contributed by atoms with Gasteiger partial charge >= 0.3 is 0 Å². The lowest BCUT2D eigenvalue weighted by atomic mass is 10.2. The second-order valence-corrected chi connectivity index (χ2v) is 4.86. The van der Waals surface area contributed by atoms with Crippen LogP contribution in [0.1, 0.15) is 18.9 Å². The Morgan fingerprint density at radius 3 is 3.05 bits per heavy atom. The molecule has 1 fully saturated rings.